The van der Waals surface area contributed by atoms with E-state index in [0.29, 0.717) is 16.8 Å². The Labute approximate surface area is 122 Å². The Hall–Kier alpha value is -2.07. The Morgan fingerprint density at radius 1 is 1.30 bits per heavy atom. The number of benzene rings is 1. The van der Waals surface area contributed by atoms with Crippen LogP contribution in [0.15, 0.2) is 42.6 Å². The van der Waals surface area contributed by atoms with Crippen molar-refractivity contribution in [2.24, 2.45) is 5.73 Å². The maximum Gasteiger partial charge on any atom is 0.252 e. The lowest BCUT2D eigenvalue weighted by atomic mass is 10.1. The van der Waals surface area contributed by atoms with Gasteiger partial charge in [0.1, 0.15) is 5.15 Å². The number of para-hydroxylation sites is 1. The van der Waals surface area contributed by atoms with Crippen LogP contribution in [0.2, 0.25) is 5.15 Å². The fraction of sp³-hybridized carbons (Fsp3) is 0.200. The zero-order chi connectivity index (χ0) is 14.1. The molecule has 0 spiro atoms. The van der Waals surface area contributed by atoms with Gasteiger partial charge in [-0.25, -0.2) is 4.98 Å². The van der Waals surface area contributed by atoms with Crippen LogP contribution in [0.1, 0.15) is 23.2 Å². The van der Waals surface area contributed by atoms with E-state index < -0.39 is 5.91 Å². The summed E-state index contributed by atoms with van der Waals surface area (Å²) >= 11 is 5.99. The van der Waals surface area contributed by atoms with E-state index in [9.17, 15) is 4.79 Å². The van der Waals surface area contributed by atoms with Crippen molar-refractivity contribution in [1.29, 1.82) is 0 Å². The van der Waals surface area contributed by atoms with Crippen LogP contribution < -0.4 is 10.6 Å². The molecule has 5 heteroatoms. The molecule has 0 unspecified atom stereocenters. The summed E-state index contributed by atoms with van der Waals surface area (Å²) in [6, 6.07) is 12.0. The lowest BCUT2D eigenvalue weighted by molar-refractivity contribution is 0.100. The Bertz CT molecular complexity index is 641. The molecule has 1 aliphatic rings. The summed E-state index contributed by atoms with van der Waals surface area (Å²) < 4.78 is 0. The highest BCUT2D eigenvalue weighted by atomic mass is 35.5. The van der Waals surface area contributed by atoms with Gasteiger partial charge in [-0.05, 0) is 31.0 Å². The second kappa shape index (κ2) is 5.13. The summed E-state index contributed by atoms with van der Waals surface area (Å²) in [4.78, 5) is 17.7. The molecule has 2 aromatic rings. The first-order valence-electron chi connectivity index (χ1n) is 6.46. The number of carbonyl (C=O) groups is 1. The van der Waals surface area contributed by atoms with Crippen LogP contribution in [0.3, 0.4) is 0 Å². The number of anilines is 2. The number of carbonyl (C=O) groups excluding carboxylic acids is 1. The molecule has 1 aliphatic carbocycles. The Morgan fingerprint density at radius 3 is 2.60 bits per heavy atom. The number of primary amides is 1. The van der Waals surface area contributed by atoms with Crippen molar-refractivity contribution in [3.05, 3.63) is 53.3 Å². The van der Waals surface area contributed by atoms with Gasteiger partial charge >= 0.3 is 0 Å². The van der Waals surface area contributed by atoms with Gasteiger partial charge in [0, 0.05) is 17.9 Å². The SMILES string of the molecule is NC(=O)c1cnc(Cl)cc1N(c1ccccc1)C1CC1. The van der Waals surface area contributed by atoms with Crippen molar-refractivity contribution in [3.63, 3.8) is 0 Å². The van der Waals surface area contributed by atoms with E-state index in [1.165, 1.54) is 6.20 Å². The molecule has 3 rings (SSSR count). The third-order valence-corrected chi connectivity index (χ3v) is 3.53. The van der Waals surface area contributed by atoms with Gasteiger partial charge in [-0.1, -0.05) is 29.8 Å². The minimum absolute atomic E-state index is 0.353. The lowest BCUT2D eigenvalue weighted by Gasteiger charge is -2.26. The summed E-state index contributed by atoms with van der Waals surface area (Å²) in [5.41, 5.74) is 7.60. The molecule has 1 amide bonds. The summed E-state index contributed by atoms with van der Waals surface area (Å²) in [7, 11) is 0. The first-order valence-corrected chi connectivity index (χ1v) is 6.84. The maximum absolute atomic E-state index is 11.6. The molecule has 1 aromatic carbocycles. The van der Waals surface area contributed by atoms with E-state index >= 15 is 0 Å². The molecule has 4 nitrogen and oxygen atoms in total. The van der Waals surface area contributed by atoms with E-state index in [-0.39, 0.29) is 0 Å². The highest BCUT2D eigenvalue weighted by Crippen LogP contribution is 2.40. The van der Waals surface area contributed by atoms with Crippen LogP contribution in [0, 0.1) is 0 Å². The number of hydrogen-bond donors (Lipinski definition) is 1. The molecular formula is C15H14ClN3O. The van der Waals surface area contributed by atoms with Crippen molar-refractivity contribution < 1.29 is 4.79 Å². The molecule has 1 fully saturated rings. The van der Waals surface area contributed by atoms with Crippen molar-refractivity contribution in [2.75, 3.05) is 4.90 Å². The Balaban J connectivity index is 2.13. The third-order valence-electron chi connectivity index (χ3n) is 3.32. The smallest absolute Gasteiger partial charge is 0.252 e. The lowest BCUT2D eigenvalue weighted by Crippen LogP contribution is -2.24. The number of halogens is 1. The van der Waals surface area contributed by atoms with Crippen LogP contribution in [-0.2, 0) is 0 Å². The second-order valence-electron chi connectivity index (χ2n) is 4.83. The number of rotatable bonds is 4. The second-order valence-corrected chi connectivity index (χ2v) is 5.21. The van der Waals surface area contributed by atoms with Gasteiger partial charge < -0.3 is 10.6 Å². The predicted molar refractivity (Wildman–Crippen MR) is 79.4 cm³/mol. The monoisotopic (exact) mass is 287 g/mol. The fourth-order valence-electron chi connectivity index (χ4n) is 2.28. The quantitative estimate of drug-likeness (QED) is 0.879. The van der Waals surface area contributed by atoms with Gasteiger partial charge in [0.2, 0.25) is 0 Å². The Morgan fingerprint density at radius 2 is 2.00 bits per heavy atom. The maximum atomic E-state index is 11.6. The average Bonchev–Trinajstić information content (AvgIpc) is 3.25. The number of nitrogens with two attached hydrogens (primary N) is 1. The summed E-state index contributed by atoms with van der Waals surface area (Å²) in [5.74, 6) is -0.495. The van der Waals surface area contributed by atoms with Gasteiger partial charge in [-0.3, -0.25) is 4.79 Å². The summed E-state index contributed by atoms with van der Waals surface area (Å²) in [6.45, 7) is 0. The summed E-state index contributed by atoms with van der Waals surface area (Å²) in [5, 5.41) is 0.353. The highest BCUT2D eigenvalue weighted by molar-refractivity contribution is 6.29. The van der Waals surface area contributed by atoms with Gasteiger partial charge in [-0.2, -0.15) is 0 Å². The molecule has 2 N–H and O–H groups in total. The van der Waals surface area contributed by atoms with Crippen molar-refractivity contribution in [2.45, 2.75) is 18.9 Å². The number of nitrogens with zero attached hydrogens (tertiary/aromatic N) is 2. The van der Waals surface area contributed by atoms with Gasteiger partial charge in [-0.15, -0.1) is 0 Å². The van der Waals surface area contributed by atoms with E-state index in [0.717, 1.165) is 24.2 Å². The Kier molecular flexibility index (Phi) is 3.32. The largest absolute Gasteiger partial charge is 0.365 e. The van der Waals surface area contributed by atoms with Gasteiger partial charge in [0.15, 0.2) is 0 Å². The van der Waals surface area contributed by atoms with Crippen molar-refractivity contribution in [1.82, 2.24) is 4.98 Å². The zero-order valence-corrected chi connectivity index (χ0v) is 11.5. The van der Waals surface area contributed by atoms with Crippen LogP contribution >= 0.6 is 11.6 Å². The number of pyridine rings is 1. The molecule has 0 aliphatic heterocycles. The molecular weight excluding hydrogens is 274 g/mol. The number of hydrogen-bond acceptors (Lipinski definition) is 3. The average molecular weight is 288 g/mol. The van der Waals surface area contributed by atoms with E-state index in [4.69, 9.17) is 17.3 Å². The van der Waals surface area contributed by atoms with E-state index in [2.05, 4.69) is 9.88 Å². The minimum Gasteiger partial charge on any atom is -0.365 e. The van der Waals surface area contributed by atoms with Crippen LogP contribution in [0.4, 0.5) is 11.4 Å². The molecule has 0 atom stereocenters. The topological polar surface area (TPSA) is 59.2 Å². The summed E-state index contributed by atoms with van der Waals surface area (Å²) in [6.07, 6.45) is 3.62. The predicted octanol–water partition coefficient (Wildman–Crippen LogP) is 3.13. The number of aromatic nitrogens is 1. The van der Waals surface area contributed by atoms with Crippen molar-refractivity contribution >= 4 is 28.9 Å². The van der Waals surface area contributed by atoms with Gasteiger partial charge in [0.25, 0.3) is 5.91 Å². The molecule has 0 saturated heterocycles. The van der Waals surface area contributed by atoms with Crippen LogP contribution in [-0.4, -0.2) is 16.9 Å². The standard InChI is InChI=1S/C15H14ClN3O/c16-14-8-13(12(9-18-14)15(17)20)19(11-6-7-11)10-4-2-1-3-5-10/h1-5,8-9,11H,6-7H2,(H2,17,20). The van der Waals surface area contributed by atoms with E-state index in [1.807, 2.05) is 30.3 Å². The molecule has 1 heterocycles. The van der Waals surface area contributed by atoms with Gasteiger partial charge in [0.05, 0.1) is 11.3 Å². The molecule has 1 saturated carbocycles. The molecule has 20 heavy (non-hydrogen) atoms. The highest BCUT2D eigenvalue weighted by Gasteiger charge is 2.32. The van der Waals surface area contributed by atoms with Crippen molar-refractivity contribution in [3.8, 4) is 0 Å². The minimum atomic E-state index is -0.495. The first kappa shape index (κ1) is 12.9. The third kappa shape index (κ3) is 2.47. The molecule has 1 aromatic heterocycles. The van der Waals surface area contributed by atoms with Crippen LogP contribution in [0.5, 0.6) is 0 Å². The molecule has 0 bridgehead atoms. The van der Waals surface area contributed by atoms with E-state index in [1.54, 1.807) is 6.07 Å². The van der Waals surface area contributed by atoms with Crippen LogP contribution in [0.25, 0.3) is 0 Å². The zero-order valence-electron chi connectivity index (χ0n) is 10.8. The normalized spacial score (nSPS) is 14.1. The number of amides is 1. The first-order chi connectivity index (χ1) is 9.66. The fourth-order valence-corrected chi connectivity index (χ4v) is 2.43. The molecule has 102 valence electrons. The molecule has 0 radical (unpaired) electrons.